The number of nitrogens with zero attached hydrogens (tertiary/aromatic N) is 3. The van der Waals surface area contributed by atoms with Gasteiger partial charge in [-0.1, -0.05) is 18.2 Å². The van der Waals surface area contributed by atoms with Gasteiger partial charge in [0.05, 0.1) is 17.8 Å². The van der Waals surface area contributed by atoms with E-state index >= 15 is 0 Å². The average molecular weight is 420 g/mol. The van der Waals surface area contributed by atoms with Crippen LogP contribution >= 0.6 is 12.4 Å². The van der Waals surface area contributed by atoms with Crippen molar-refractivity contribution in [2.24, 2.45) is 0 Å². The van der Waals surface area contributed by atoms with Crippen LogP contribution in [0.4, 0.5) is 10.1 Å². The molecule has 0 saturated carbocycles. The van der Waals surface area contributed by atoms with Crippen molar-refractivity contribution < 1.29 is 13.9 Å². The highest BCUT2D eigenvalue weighted by molar-refractivity contribution is 5.95. The van der Waals surface area contributed by atoms with E-state index in [2.05, 4.69) is 9.88 Å². The highest BCUT2D eigenvalue weighted by atomic mass is 35.5. The van der Waals surface area contributed by atoms with Gasteiger partial charge in [0, 0.05) is 31.5 Å². The van der Waals surface area contributed by atoms with Crippen LogP contribution in [0.5, 0.6) is 0 Å². The van der Waals surface area contributed by atoms with Crippen molar-refractivity contribution in [2.75, 3.05) is 37.7 Å². The predicted octanol–water partition coefficient (Wildman–Crippen LogP) is 3.41. The van der Waals surface area contributed by atoms with Crippen molar-refractivity contribution in [3.8, 4) is 0 Å². The van der Waals surface area contributed by atoms with Gasteiger partial charge in [-0.25, -0.2) is 4.39 Å². The van der Waals surface area contributed by atoms with Crippen LogP contribution < -0.4 is 4.90 Å². The summed E-state index contributed by atoms with van der Waals surface area (Å²) in [5.74, 6) is 0.0283. The summed E-state index contributed by atoms with van der Waals surface area (Å²) in [6.45, 7) is 3.07. The number of likely N-dealkylation sites (tertiary alicyclic amines) is 1. The first-order chi connectivity index (χ1) is 13.7. The van der Waals surface area contributed by atoms with Crippen molar-refractivity contribution in [3.63, 3.8) is 0 Å². The summed E-state index contributed by atoms with van der Waals surface area (Å²) in [7, 11) is 0. The van der Waals surface area contributed by atoms with Crippen LogP contribution in [0, 0.1) is 0 Å². The van der Waals surface area contributed by atoms with Crippen molar-refractivity contribution in [3.05, 3.63) is 59.9 Å². The van der Waals surface area contributed by atoms with E-state index in [4.69, 9.17) is 4.74 Å². The molecule has 2 aromatic rings. The maximum Gasteiger partial charge on any atom is 0.253 e. The summed E-state index contributed by atoms with van der Waals surface area (Å²) in [6, 6.07) is 13.6. The zero-order valence-corrected chi connectivity index (χ0v) is 17.2. The quantitative estimate of drug-likeness (QED) is 0.745. The fourth-order valence-electron chi connectivity index (χ4n) is 4.09. The molecule has 4 rings (SSSR count). The number of carbonyl (C=O) groups is 1. The van der Waals surface area contributed by atoms with Crippen molar-refractivity contribution in [1.82, 2.24) is 9.88 Å². The van der Waals surface area contributed by atoms with Crippen molar-refractivity contribution in [1.29, 1.82) is 0 Å². The third-order valence-corrected chi connectivity index (χ3v) is 5.82. The summed E-state index contributed by atoms with van der Waals surface area (Å²) >= 11 is 0. The Balaban J connectivity index is 0.00000240. The van der Waals surface area contributed by atoms with Gasteiger partial charge in [-0.05, 0) is 49.1 Å². The van der Waals surface area contributed by atoms with Crippen molar-refractivity contribution in [2.45, 2.75) is 31.5 Å². The minimum absolute atomic E-state index is 0. The van der Waals surface area contributed by atoms with Crippen LogP contribution in [-0.4, -0.2) is 54.2 Å². The second kappa shape index (κ2) is 9.65. The van der Waals surface area contributed by atoms with E-state index in [0.717, 1.165) is 50.1 Å². The van der Waals surface area contributed by atoms with Gasteiger partial charge in [-0.15, -0.1) is 12.4 Å². The Morgan fingerprint density at radius 2 is 1.90 bits per heavy atom. The Morgan fingerprint density at radius 1 is 1.14 bits per heavy atom. The smallest absolute Gasteiger partial charge is 0.253 e. The van der Waals surface area contributed by atoms with Crippen molar-refractivity contribution >= 4 is 24.0 Å². The highest BCUT2D eigenvalue weighted by Gasteiger charge is 2.42. The molecule has 1 spiro atoms. The first-order valence-corrected chi connectivity index (χ1v) is 9.89. The number of pyridine rings is 1. The van der Waals surface area contributed by atoms with E-state index in [9.17, 15) is 9.18 Å². The van der Waals surface area contributed by atoms with Gasteiger partial charge >= 0.3 is 0 Å². The van der Waals surface area contributed by atoms with E-state index in [0.29, 0.717) is 12.2 Å². The first kappa shape index (κ1) is 21.7. The minimum Gasteiger partial charge on any atom is -0.363 e. The van der Waals surface area contributed by atoms with E-state index in [1.165, 1.54) is 0 Å². The monoisotopic (exact) mass is 419 g/mol. The largest absolute Gasteiger partial charge is 0.363 e. The summed E-state index contributed by atoms with van der Waals surface area (Å²) in [5, 5.41) is 0. The Morgan fingerprint density at radius 3 is 2.62 bits per heavy atom. The Hall–Kier alpha value is -2.02. The van der Waals surface area contributed by atoms with E-state index in [-0.39, 0.29) is 30.5 Å². The molecule has 2 saturated heterocycles. The van der Waals surface area contributed by atoms with Gasteiger partial charge in [0.2, 0.25) is 0 Å². The molecule has 0 aliphatic carbocycles. The topological polar surface area (TPSA) is 45.7 Å². The molecule has 0 radical (unpaired) electrons. The molecule has 1 aromatic carbocycles. The van der Waals surface area contributed by atoms with Crippen LogP contribution in [0.1, 0.15) is 24.1 Å². The zero-order chi connectivity index (χ0) is 19.4. The van der Waals surface area contributed by atoms with E-state index in [1.807, 2.05) is 47.4 Å². The Kier molecular flexibility index (Phi) is 7.22. The number of halogens is 2. The molecule has 7 heteroatoms. The average Bonchev–Trinajstić information content (AvgIpc) is 2.76. The lowest BCUT2D eigenvalue weighted by Gasteiger charge is -2.47. The standard InChI is InChI=1S/C22H26FN3O2.ClH/c23-15-19-14-18(6-10-24-19)7-11-25-12-8-22(9-13-25)17-26(21(27)16-28-22)20-4-2-1-3-5-20;/h1-6,10,14H,7-9,11-13,15-17H2;1H. The number of alkyl halides is 1. The van der Waals surface area contributed by atoms with Crippen LogP contribution in [0.25, 0.3) is 0 Å². The number of hydrogen-bond donors (Lipinski definition) is 0. The molecular weight excluding hydrogens is 393 g/mol. The first-order valence-electron chi connectivity index (χ1n) is 9.89. The number of amides is 1. The molecular formula is C22H27ClFN3O2. The number of rotatable bonds is 5. The van der Waals surface area contributed by atoms with Gasteiger partial charge in [-0.2, -0.15) is 0 Å². The van der Waals surface area contributed by atoms with Gasteiger partial charge < -0.3 is 14.5 Å². The summed E-state index contributed by atoms with van der Waals surface area (Å²) in [5.41, 5.74) is 2.31. The number of piperidine rings is 1. The third kappa shape index (κ3) is 5.13. The fraction of sp³-hybridized carbons (Fsp3) is 0.455. The molecule has 29 heavy (non-hydrogen) atoms. The van der Waals surface area contributed by atoms with E-state index in [1.54, 1.807) is 6.20 Å². The lowest BCUT2D eigenvalue weighted by Crippen LogP contribution is -2.59. The second-order valence-corrected chi connectivity index (χ2v) is 7.67. The van der Waals surface area contributed by atoms with Crippen LogP contribution in [0.2, 0.25) is 0 Å². The number of morpholine rings is 1. The maximum atomic E-state index is 12.8. The number of anilines is 1. The number of carbonyl (C=O) groups excluding carboxylic acids is 1. The van der Waals surface area contributed by atoms with E-state index < -0.39 is 6.67 Å². The molecule has 2 fully saturated rings. The van der Waals surface area contributed by atoms with Gasteiger partial charge in [-0.3, -0.25) is 9.78 Å². The third-order valence-electron chi connectivity index (χ3n) is 5.82. The SMILES string of the molecule is Cl.O=C1COC2(CCN(CCc3ccnc(CF)c3)CC2)CN1c1ccccc1. The summed E-state index contributed by atoms with van der Waals surface area (Å²) in [4.78, 5) is 20.7. The Bertz CT molecular complexity index is 813. The molecule has 0 unspecified atom stereocenters. The maximum absolute atomic E-state index is 12.8. The molecule has 2 aliphatic rings. The minimum atomic E-state index is -0.520. The van der Waals surface area contributed by atoms with Crippen LogP contribution in [-0.2, 0) is 22.6 Å². The van der Waals surface area contributed by atoms with Crippen LogP contribution in [0.15, 0.2) is 48.7 Å². The summed E-state index contributed by atoms with van der Waals surface area (Å²) < 4.78 is 18.8. The molecule has 0 atom stereocenters. The molecule has 5 nitrogen and oxygen atoms in total. The summed E-state index contributed by atoms with van der Waals surface area (Å²) in [6.07, 6.45) is 4.39. The second-order valence-electron chi connectivity index (χ2n) is 7.67. The number of para-hydroxylation sites is 1. The normalized spacial score (nSPS) is 19.2. The molecule has 2 aliphatic heterocycles. The Labute approximate surface area is 177 Å². The zero-order valence-electron chi connectivity index (χ0n) is 16.4. The number of hydrogen-bond acceptors (Lipinski definition) is 4. The molecule has 0 bridgehead atoms. The lowest BCUT2D eigenvalue weighted by molar-refractivity contribution is -0.144. The number of aromatic nitrogens is 1. The molecule has 3 heterocycles. The lowest BCUT2D eigenvalue weighted by atomic mass is 9.89. The molecule has 0 N–H and O–H groups in total. The predicted molar refractivity (Wildman–Crippen MR) is 113 cm³/mol. The molecule has 1 amide bonds. The highest BCUT2D eigenvalue weighted by Crippen LogP contribution is 2.32. The van der Waals surface area contributed by atoms with Gasteiger partial charge in [0.15, 0.2) is 0 Å². The van der Waals surface area contributed by atoms with Gasteiger partial charge in [0.25, 0.3) is 5.91 Å². The molecule has 156 valence electrons. The van der Waals surface area contributed by atoms with Crippen LogP contribution in [0.3, 0.4) is 0 Å². The number of benzene rings is 1. The van der Waals surface area contributed by atoms with Gasteiger partial charge in [0.1, 0.15) is 13.3 Å². The number of ether oxygens (including phenoxy) is 1. The fourth-order valence-corrected chi connectivity index (χ4v) is 4.09. The molecule has 1 aromatic heterocycles.